The standard InChI is InChI=1S/C15H18FNO2S/c1-9-12-10(16)5-4-6-11(12)20-13(9)14(19)17-7-15(2,3)8-18/h4-6,18H,7-8H2,1-3H3,(H,17,19). The van der Waals surface area contributed by atoms with Gasteiger partial charge in [-0.2, -0.15) is 0 Å². The highest BCUT2D eigenvalue weighted by molar-refractivity contribution is 7.21. The Morgan fingerprint density at radius 2 is 2.15 bits per heavy atom. The number of halogens is 1. The molecule has 20 heavy (non-hydrogen) atoms. The molecule has 0 bridgehead atoms. The molecule has 2 rings (SSSR count). The first-order chi connectivity index (χ1) is 9.35. The number of fused-ring (bicyclic) bond motifs is 1. The van der Waals surface area contributed by atoms with E-state index in [0.717, 1.165) is 4.70 Å². The molecule has 5 heteroatoms. The SMILES string of the molecule is Cc1c(C(=O)NCC(C)(C)CO)sc2cccc(F)c12. The second-order valence-corrected chi connectivity index (χ2v) is 6.73. The van der Waals surface area contributed by atoms with Gasteiger partial charge in [-0.15, -0.1) is 11.3 Å². The number of carbonyl (C=O) groups is 1. The van der Waals surface area contributed by atoms with Gasteiger partial charge in [-0.25, -0.2) is 4.39 Å². The van der Waals surface area contributed by atoms with Gasteiger partial charge in [-0.3, -0.25) is 4.79 Å². The van der Waals surface area contributed by atoms with E-state index in [2.05, 4.69) is 5.32 Å². The average molecular weight is 295 g/mol. The van der Waals surface area contributed by atoms with Crippen molar-refractivity contribution >= 4 is 27.3 Å². The maximum Gasteiger partial charge on any atom is 0.261 e. The van der Waals surface area contributed by atoms with E-state index < -0.39 is 0 Å². The molecule has 108 valence electrons. The predicted octanol–water partition coefficient (Wildman–Crippen LogP) is 3.10. The molecule has 1 aromatic carbocycles. The molecule has 1 aromatic heterocycles. The lowest BCUT2D eigenvalue weighted by atomic mass is 9.95. The number of thiophene rings is 1. The van der Waals surface area contributed by atoms with Crippen LogP contribution in [0.4, 0.5) is 4.39 Å². The van der Waals surface area contributed by atoms with Crippen molar-refractivity contribution in [1.29, 1.82) is 0 Å². The molecule has 0 aliphatic rings. The third-order valence-corrected chi connectivity index (χ3v) is 4.52. The van der Waals surface area contributed by atoms with Gasteiger partial charge in [0, 0.05) is 28.7 Å². The number of rotatable bonds is 4. The molecular weight excluding hydrogens is 277 g/mol. The summed E-state index contributed by atoms with van der Waals surface area (Å²) in [5.41, 5.74) is 0.299. The lowest BCUT2D eigenvalue weighted by molar-refractivity contribution is 0.0914. The normalized spacial score (nSPS) is 11.8. The van der Waals surface area contributed by atoms with Gasteiger partial charge in [0.15, 0.2) is 0 Å². The largest absolute Gasteiger partial charge is 0.396 e. The molecule has 0 spiro atoms. The number of aliphatic hydroxyl groups excluding tert-OH is 1. The van der Waals surface area contributed by atoms with Gasteiger partial charge in [0.1, 0.15) is 5.82 Å². The highest BCUT2D eigenvalue weighted by Crippen LogP contribution is 2.32. The summed E-state index contributed by atoms with van der Waals surface area (Å²) in [6.07, 6.45) is 0. The Morgan fingerprint density at radius 3 is 2.75 bits per heavy atom. The summed E-state index contributed by atoms with van der Waals surface area (Å²) in [4.78, 5) is 12.7. The van der Waals surface area contributed by atoms with Crippen molar-refractivity contribution in [3.63, 3.8) is 0 Å². The lowest BCUT2D eigenvalue weighted by Gasteiger charge is -2.21. The number of carbonyl (C=O) groups excluding carboxylic acids is 1. The molecule has 2 aromatic rings. The van der Waals surface area contributed by atoms with Crippen LogP contribution in [0.15, 0.2) is 18.2 Å². The molecule has 0 unspecified atom stereocenters. The topological polar surface area (TPSA) is 49.3 Å². The van der Waals surface area contributed by atoms with E-state index in [0.29, 0.717) is 22.4 Å². The zero-order valence-corrected chi connectivity index (χ0v) is 12.6. The number of amides is 1. The fraction of sp³-hybridized carbons (Fsp3) is 0.400. The van der Waals surface area contributed by atoms with Gasteiger partial charge in [-0.05, 0) is 24.6 Å². The van der Waals surface area contributed by atoms with E-state index in [9.17, 15) is 14.3 Å². The van der Waals surface area contributed by atoms with E-state index in [1.54, 1.807) is 13.0 Å². The number of hydrogen-bond acceptors (Lipinski definition) is 3. The van der Waals surface area contributed by atoms with Crippen molar-refractivity contribution in [3.8, 4) is 0 Å². The Kier molecular flexibility index (Phi) is 4.11. The molecule has 1 amide bonds. The molecule has 0 radical (unpaired) electrons. The van der Waals surface area contributed by atoms with Crippen LogP contribution in [0.1, 0.15) is 29.1 Å². The first kappa shape index (κ1) is 14.9. The Morgan fingerprint density at radius 1 is 1.45 bits per heavy atom. The summed E-state index contributed by atoms with van der Waals surface area (Å²) in [5, 5.41) is 12.5. The summed E-state index contributed by atoms with van der Waals surface area (Å²) in [6, 6.07) is 4.85. The van der Waals surface area contributed by atoms with Crippen LogP contribution in [0.3, 0.4) is 0 Å². The van der Waals surface area contributed by atoms with E-state index >= 15 is 0 Å². The van der Waals surface area contributed by atoms with Crippen molar-refractivity contribution in [3.05, 3.63) is 34.5 Å². The maximum atomic E-state index is 13.8. The molecule has 0 aliphatic heterocycles. The number of benzene rings is 1. The second kappa shape index (κ2) is 5.50. The van der Waals surface area contributed by atoms with Crippen molar-refractivity contribution in [2.45, 2.75) is 20.8 Å². The van der Waals surface area contributed by atoms with E-state index in [-0.39, 0.29) is 23.7 Å². The van der Waals surface area contributed by atoms with Crippen LogP contribution < -0.4 is 5.32 Å². The summed E-state index contributed by atoms with van der Waals surface area (Å²) < 4.78 is 14.6. The molecule has 1 heterocycles. The molecule has 3 nitrogen and oxygen atoms in total. The van der Waals surface area contributed by atoms with Crippen molar-refractivity contribution in [1.82, 2.24) is 5.32 Å². The van der Waals surface area contributed by atoms with Crippen LogP contribution in [-0.4, -0.2) is 24.2 Å². The van der Waals surface area contributed by atoms with Crippen LogP contribution >= 0.6 is 11.3 Å². The van der Waals surface area contributed by atoms with E-state index in [1.807, 2.05) is 19.9 Å². The summed E-state index contributed by atoms with van der Waals surface area (Å²) in [7, 11) is 0. The predicted molar refractivity (Wildman–Crippen MR) is 79.7 cm³/mol. The van der Waals surface area contributed by atoms with E-state index in [1.165, 1.54) is 17.4 Å². The summed E-state index contributed by atoms with van der Waals surface area (Å²) in [5.74, 6) is -0.518. The zero-order chi connectivity index (χ0) is 14.9. The monoisotopic (exact) mass is 295 g/mol. The lowest BCUT2D eigenvalue weighted by Crippen LogP contribution is -2.35. The Balaban J connectivity index is 2.27. The molecule has 0 saturated heterocycles. The highest BCUT2D eigenvalue weighted by atomic mass is 32.1. The fourth-order valence-corrected chi connectivity index (χ4v) is 3.06. The average Bonchev–Trinajstić information content (AvgIpc) is 2.75. The van der Waals surface area contributed by atoms with Crippen LogP contribution in [0.25, 0.3) is 10.1 Å². The van der Waals surface area contributed by atoms with Gasteiger partial charge in [0.05, 0.1) is 4.88 Å². The maximum absolute atomic E-state index is 13.8. The minimum atomic E-state index is -0.370. The van der Waals surface area contributed by atoms with Crippen LogP contribution in [0.2, 0.25) is 0 Å². The fourth-order valence-electron chi connectivity index (χ4n) is 1.93. The number of aryl methyl sites for hydroxylation is 1. The number of aliphatic hydroxyl groups is 1. The highest BCUT2D eigenvalue weighted by Gasteiger charge is 2.21. The van der Waals surface area contributed by atoms with Crippen molar-refractivity contribution in [2.75, 3.05) is 13.2 Å². The number of hydrogen-bond donors (Lipinski definition) is 2. The third kappa shape index (κ3) is 2.83. The van der Waals surface area contributed by atoms with Gasteiger partial charge in [0.25, 0.3) is 5.91 Å². The quantitative estimate of drug-likeness (QED) is 0.910. The molecule has 0 atom stereocenters. The van der Waals surface area contributed by atoms with Crippen LogP contribution in [0, 0.1) is 18.2 Å². The van der Waals surface area contributed by atoms with Gasteiger partial charge < -0.3 is 10.4 Å². The van der Waals surface area contributed by atoms with Crippen LogP contribution in [-0.2, 0) is 0 Å². The third-order valence-electron chi connectivity index (χ3n) is 3.26. The molecular formula is C15H18FNO2S. The Bertz CT molecular complexity index is 649. The minimum absolute atomic E-state index is 0.00664. The van der Waals surface area contributed by atoms with Crippen molar-refractivity contribution in [2.24, 2.45) is 5.41 Å². The minimum Gasteiger partial charge on any atom is -0.396 e. The van der Waals surface area contributed by atoms with Gasteiger partial charge >= 0.3 is 0 Å². The van der Waals surface area contributed by atoms with E-state index in [4.69, 9.17) is 0 Å². The molecule has 0 saturated carbocycles. The molecule has 0 fully saturated rings. The Hall–Kier alpha value is -1.46. The molecule has 2 N–H and O–H groups in total. The first-order valence-corrected chi connectivity index (χ1v) is 7.24. The van der Waals surface area contributed by atoms with Crippen molar-refractivity contribution < 1.29 is 14.3 Å². The molecule has 0 aliphatic carbocycles. The van der Waals surface area contributed by atoms with Gasteiger partial charge in [0.2, 0.25) is 0 Å². The zero-order valence-electron chi connectivity index (χ0n) is 11.8. The Labute approximate surface area is 121 Å². The smallest absolute Gasteiger partial charge is 0.261 e. The second-order valence-electron chi connectivity index (χ2n) is 5.67. The summed E-state index contributed by atoms with van der Waals surface area (Å²) >= 11 is 1.29. The first-order valence-electron chi connectivity index (χ1n) is 6.42. The summed E-state index contributed by atoms with van der Waals surface area (Å²) in [6.45, 7) is 5.86. The van der Waals surface area contributed by atoms with Gasteiger partial charge in [-0.1, -0.05) is 19.9 Å². The van der Waals surface area contributed by atoms with Crippen LogP contribution in [0.5, 0.6) is 0 Å². The number of nitrogens with one attached hydrogen (secondary N) is 1.